The molecule has 0 bridgehead atoms. The Morgan fingerprint density at radius 1 is 1.50 bits per heavy atom. The molecule has 1 nitrogen and oxygen atoms in total. The molecule has 0 aliphatic heterocycles. The molecule has 2 rings (SSSR count). The SMILES string of the molecule is CCCC(CC)NC1CCCc2sccc21. The first-order valence-corrected chi connectivity index (χ1v) is 7.55. The van der Waals surface area contributed by atoms with Crippen LogP contribution < -0.4 is 5.32 Å². The summed E-state index contributed by atoms with van der Waals surface area (Å²) in [6.07, 6.45) is 7.83. The monoisotopic (exact) mass is 237 g/mol. The zero-order chi connectivity index (χ0) is 11.4. The lowest BCUT2D eigenvalue weighted by Gasteiger charge is -2.28. The molecule has 0 fully saturated rings. The van der Waals surface area contributed by atoms with E-state index in [-0.39, 0.29) is 0 Å². The minimum Gasteiger partial charge on any atom is -0.307 e. The first-order chi connectivity index (χ1) is 7.85. The Hall–Kier alpha value is -0.340. The molecule has 1 aliphatic carbocycles. The van der Waals surface area contributed by atoms with E-state index >= 15 is 0 Å². The van der Waals surface area contributed by atoms with Crippen molar-refractivity contribution in [3.63, 3.8) is 0 Å². The van der Waals surface area contributed by atoms with Gasteiger partial charge in [-0.25, -0.2) is 0 Å². The van der Waals surface area contributed by atoms with Gasteiger partial charge in [-0.3, -0.25) is 0 Å². The fraction of sp³-hybridized carbons (Fsp3) is 0.714. The van der Waals surface area contributed by atoms with Crippen molar-refractivity contribution in [3.05, 3.63) is 21.9 Å². The lowest BCUT2D eigenvalue weighted by atomic mass is 9.92. The number of fused-ring (bicyclic) bond motifs is 1. The van der Waals surface area contributed by atoms with Gasteiger partial charge in [-0.15, -0.1) is 11.3 Å². The molecule has 0 saturated heterocycles. The van der Waals surface area contributed by atoms with E-state index in [1.165, 1.54) is 38.5 Å². The first kappa shape index (κ1) is 12.1. The van der Waals surface area contributed by atoms with E-state index in [1.54, 1.807) is 10.4 Å². The van der Waals surface area contributed by atoms with Gasteiger partial charge in [0.25, 0.3) is 0 Å². The van der Waals surface area contributed by atoms with Crippen LogP contribution in [-0.4, -0.2) is 6.04 Å². The van der Waals surface area contributed by atoms with Crippen molar-refractivity contribution in [2.45, 2.75) is 64.5 Å². The Balaban J connectivity index is 2.01. The lowest BCUT2D eigenvalue weighted by Crippen LogP contribution is -2.33. The summed E-state index contributed by atoms with van der Waals surface area (Å²) in [4.78, 5) is 1.62. The van der Waals surface area contributed by atoms with Crippen LogP contribution in [0.25, 0.3) is 0 Å². The molecule has 0 aromatic carbocycles. The Kier molecular flexibility index (Phi) is 4.42. The summed E-state index contributed by atoms with van der Waals surface area (Å²) in [7, 11) is 0. The standard InChI is InChI=1S/C14H23NS/c1-3-6-11(4-2)15-13-7-5-8-14-12(13)9-10-16-14/h9-11,13,15H,3-8H2,1-2H3. The second-order valence-corrected chi connectivity index (χ2v) is 5.81. The highest BCUT2D eigenvalue weighted by Gasteiger charge is 2.22. The number of aryl methyl sites for hydroxylation is 1. The minimum absolute atomic E-state index is 0.631. The molecule has 1 heterocycles. The summed E-state index contributed by atoms with van der Waals surface area (Å²) < 4.78 is 0. The average molecular weight is 237 g/mol. The molecule has 0 spiro atoms. The molecule has 0 saturated carbocycles. The van der Waals surface area contributed by atoms with Crippen LogP contribution in [0.2, 0.25) is 0 Å². The van der Waals surface area contributed by atoms with E-state index in [9.17, 15) is 0 Å². The van der Waals surface area contributed by atoms with E-state index in [4.69, 9.17) is 0 Å². The van der Waals surface area contributed by atoms with Gasteiger partial charge in [0.15, 0.2) is 0 Å². The van der Waals surface area contributed by atoms with Gasteiger partial charge in [-0.1, -0.05) is 20.3 Å². The highest BCUT2D eigenvalue weighted by Crippen LogP contribution is 2.33. The normalized spacial score (nSPS) is 21.8. The molecule has 2 unspecified atom stereocenters. The van der Waals surface area contributed by atoms with Gasteiger partial charge >= 0.3 is 0 Å². The second-order valence-electron chi connectivity index (χ2n) is 4.80. The number of thiophene rings is 1. The van der Waals surface area contributed by atoms with Gasteiger partial charge in [0.1, 0.15) is 0 Å². The lowest BCUT2D eigenvalue weighted by molar-refractivity contribution is 0.372. The molecule has 0 amide bonds. The molecular formula is C14H23NS. The summed E-state index contributed by atoms with van der Waals surface area (Å²) >= 11 is 1.94. The molecule has 2 heteroatoms. The van der Waals surface area contributed by atoms with Gasteiger partial charge in [0, 0.05) is 17.0 Å². The van der Waals surface area contributed by atoms with Crippen molar-refractivity contribution in [3.8, 4) is 0 Å². The highest BCUT2D eigenvalue weighted by atomic mass is 32.1. The van der Waals surface area contributed by atoms with Crippen LogP contribution in [0.4, 0.5) is 0 Å². The van der Waals surface area contributed by atoms with Gasteiger partial charge in [0.05, 0.1) is 0 Å². The maximum Gasteiger partial charge on any atom is 0.0333 e. The maximum absolute atomic E-state index is 3.86. The maximum atomic E-state index is 3.86. The summed E-state index contributed by atoms with van der Waals surface area (Å²) in [5.41, 5.74) is 1.59. The predicted molar refractivity (Wildman–Crippen MR) is 72.1 cm³/mol. The zero-order valence-corrected chi connectivity index (χ0v) is 11.3. The average Bonchev–Trinajstić information content (AvgIpc) is 2.77. The van der Waals surface area contributed by atoms with Crippen LogP contribution in [0.1, 0.15) is 62.4 Å². The van der Waals surface area contributed by atoms with E-state index in [1.807, 2.05) is 11.3 Å². The van der Waals surface area contributed by atoms with Gasteiger partial charge in [0.2, 0.25) is 0 Å². The fourth-order valence-electron chi connectivity index (χ4n) is 2.70. The third-order valence-corrected chi connectivity index (χ3v) is 4.62. The molecule has 2 atom stereocenters. The second kappa shape index (κ2) is 5.83. The van der Waals surface area contributed by atoms with Crippen LogP contribution in [0.3, 0.4) is 0 Å². The molecule has 16 heavy (non-hydrogen) atoms. The van der Waals surface area contributed by atoms with E-state index in [2.05, 4.69) is 30.6 Å². The Labute approximate surface area is 103 Å². The van der Waals surface area contributed by atoms with Gasteiger partial charge in [-0.2, -0.15) is 0 Å². The summed E-state index contributed by atoms with van der Waals surface area (Å²) in [5.74, 6) is 0. The molecule has 90 valence electrons. The number of nitrogens with one attached hydrogen (secondary N) is 1. The minimum atomic E-state index is 0.631. The third kappa shape index (κ3) is 2.67. The smallest absolute Gasteiger partial charge is 0.0333 e. The Bertz CT molecular complexity index is 318. The quantitative estimate of drug-likeness (QED) is 0.805. The molecule has 1 aromatic heterocycles. The largest absolute Gasteiger partial charge is 0.307 e. The van der Waals surface area contributed by atoms with E-state index in [0.717, 1.165) is 0 Å². The van der Waals surface area contributed by atoms with Crippen LogP contribution in [-0.2, 0) is 6.42 Å². The van der Waals surface area contributed by atoms with Crippen molar-refractivity contribution >= 4 is 11.3 Å². The number of hydrogen-bond acceptors (Lipinski definition) is 2. The predicted octanol–water partition coefficient (Wildman–Crippen LogP) is 4.29. The molecule has 1 aromatic rings. The van der Waals surface area contributed by atoms with Crippen LogP contribution >= 0.6 is 11.3 Å². The zero-order valence-electron chi connectivity index (χ0n) is 10.5. The Morgan fingerprint density at radius 3 is 3.12 bits per heavy atom. The number of rotatable bonds is 5. The fourth-order valence-corrected chi connectivity index (χ4v) is 3.69. The van der Waals surface area contributed by atoms with Gasteiger partial charge in [-0.05, 0) is 49.1 Å². The van der Waals surface area contributed by atoms with Crippen molar-refractivity contribution in [1.29, 1.82) is 0 Å². The molecule has 0 radical (unpaired) electrons. The van der Waals surface area contributed by atoms with Crippen molar-refractivity contribution in [2.75, 3.05) is 0 Å². The third-order valence-electron chi connectivity index (χ3n) is 3.62. The van der Waals surface area contributed by atoms with Crippen LogP contribution in [0.5, 0.6) is 0 Å². The Morgan fingerprint density at radius 2 is 2.38 bits per heavy atom. The van der Waals surface area contributed by atoms with Crippen LogP contribution in [0, 0.1) is 0 Å². The summed E-state index contributed by atoms with van der Waals surface area (Å²) in [5, 5.41) is 6.11. The highest BCUT2D eigenvalue weighted by molar-refractivity contribution is 7.10. The molecule has 1 aliphatic rings. The summed E-state index contributed by atoms with van der Waals surface area (Å²) in [6.45, 7) is 4.58. The van der Waals surface area contributed by atoms with Crippen molar-refractivity contribution in [1.82, 2.24) is 5.32 Å². The van der Waals surface area contributed by atoms with E-state index < -0.39 is 0 Å². The van der Waals surface area contributed by atoms with Crippen LogP contribution in [0.15, 0.2) is 11.4 Å². The molecule has 1 N–H and O–H groups in total. The summed E-state index contributed by atoms with van der Waals surface area (Å²) in [6, 6.07) is 3.67. The first-order valence-electron chi connectivity index (χ1n) is 6.67. The van der Waals surface area contributed by atoms with E-state index in [0.29, 0.717) is 12.1 Å². The topological polar surface area (TPSA) is 12.0 Å². The number of hydrogen-bond donors (Lipinski definition) is 1. The molecular weight excluding hydrogens is 214 g/mol. The van der Waals surface area contributed by atoms with Crippen molar-refractivity contribution in [2.24, 2.45) is 0 Å². The van der Waals surface area contributed by atoms with Gasteiger partial charge < -0.3 is 5.32 Å². The van der Waals surface area contributed by atoms with Crippen molar-refractivity contribution < 1.29 is 0 Å².